The van der Waals surface area contributed by atoms with Gasteiger partial charge in [-0.05, 0) is 43.4 Å². The number of benzene rings is 1. The lowest BCUT2D eigenvalue weighted by Gasteiger charge is -2.17. The van der Waals surface area contributed by atoms with E-state index in [2.05, 4.69) is 5.32 Å². The number of carbonyl (C=O) groups is 1. The number of ether oxygens (including phenoxy) is 1. The van der Waals surface area contributed by atoms with Crippen LogP contribution in [0.4, 0.5) is 0 Å². The van der Waals surface area contributed by atoms with Crippen LogP contribution in [-0.4, -0.2) is 36.5 Å². The van der Waals surface area contributed by atoms with E-state index in [-0.39, 0.29) is 12.5 Å². The SMILES string of the molecule is CN(C(=O)COc1ccc(CNC2CC2)cc1Cl)C1CC1. The van der Waals surface area contributed by atoms with Crippen LogP contribution in [0, 0.1) is 0 Å². The average Bonchev–Trinajstić information content (AvgIpc) is 3.36. The summed E-state index contributed by atoms with van der Waals surface area (Å²) < 4.78 is 5.55. The first-order chi connectivity index (χ1) is 10.1. The van der Waals surface area contributed by atoms with E-state index < -0.39 is 0 Å². The number of hydrogen-bond acceptors (Lipinski definition) is 3. The fourth-order valence-corrected chi connectivity index (χ4v) is 2.49. The molecule has 0 spiro atoms. The molecule has 1 N–H and O–H groups in total. The largest absolute Gasteiger partial charge is 0.482 e. The van der Waals surface area contributed by atoms with Gasteiger partial charge in [-0.2, -0.15) is 0 Å². The Hall–Kier alpha value is -1.26. The first kappa shape index (κ1) is 14.7. The third-order valence-corrected chi connectivity index (χ3v) is 4.30. The molecule has 1 aromatic carbocycles. The van der Waals surface area contributed by atoms with Crippen molar-refractivity contribution in [1.29, 1.82) is 0 Å². The fraction of sp³-hybridized carbons (Fsp3) is 0.562. The maximum absolute atomic E-state index is 11.9. The molecule has 0 radical (unpaired) electrons. The zero-order valence-electron chi connectivity index (χ0n) is 12.3. The standard InChI is InChI=1S/C16H21ClN2O2/c1-19(13-5-6-13)16(20)10-21-15-7-2-11(8-14(15)17)9-18-12-3-4-12/h2,7-8,12-13,18H,3-6,9-10H2,1H3. The molecule has 0 aliphatic heterocycles. The van der Waals surface area contributed by atoms with Gasteiger partial charge in [0.15, 0.2) is 6.61 Å². The molecule has 0 unspecified atom stereocenters. The van der Waals surface area contributed by atoms with Crippen LogP contribution in [0.3, 0.4) is 0 Å². The number of halogens is 1. The van der Waals surface area contributed by atoms with Crippen LogP contribution < -0.4 is 10.1 Å². The Labute approximate surface area is 130 Å². The summed E-state index contributed by atoms with van der Waals surface area (Å²) in [4.78, 5) is 13.7. The Bertz CT molecular complexity index is 527. The Morgan fingerprint density at radius 1 is 1.38 bits per heavy atom. The quantitative estimate of drug-likeness (QED) is 0.842. The number of nitrogens with one attached hydrogen (secondary N) is 1. The molecule has 1 aromatic rings. The number of amides is 1. The maximum Gasteiger partial charge on any atom is 0.260 e. The average molecular weight is 309 g/mol. The molecular weight excluding hydrogens is 288 g/mol. The van der Waals surface area contributed by atoms with E-state index in [1.165, 1.54) is 12.8 Å². The Morgan fingerprint density at radius 2 is 2.14 bits per heavy atom. The summed E-state index contributed by atoms with van der Waals surface area (Å²) in [6, 6.07) is 6.83. The molecule has 3 rings (SSSR count). The lowest BCUT2D eigenvalue weighted by Crippen LogP contribution is -2.33. The van der Waals surface area contributed by atoms with Gasteiger partial charge in [0, 0.05) is 25.7 Å². The van der Waals surface area contributed by atoms with Gasteiger partial charge < -0.3 is 15.0 Å². The topological polar surface area (TPSA) is 41.6 Å². The predicted molar refractivity (Wildman–Crippen MR) is 82.6 cm³/mol. The first-order valence-electron chi connectivity index (χ1n) is 7.54. The van der Waals surface area contributed by atoms with Crippen molar-refractivity contribution in [2.24, 2.45) is 0 Å². The fourth-order valence-electron chi connectivity index (χ4n) is 2.23. The van der Waals surface area contributed by atoms with Crippen molar-refractivity contribution in [1.82, 2.24) is 10.2 Å². The molecule has 2 aliphatic carbocycles. The smallest absolute Gasteiger partial charge is 0.260 e. The van der Waals surface area contributed by atoms with Gasteiger partial charge in [0.1, 0.15) is 5.75 Å². The van der Waals surface area contributed by atoms with E-state index in [0.717, 1.165) is 24.9 Å². The first-order valence-corrected chi connectivity index (χ1v) is 7.91. The van der Waals surface area contributed by atoms with Crippen molar-refractivity contribution in [2.75, 3.05) is 13.7 Å². The van der Waals surface area contributed by atoms with Crippen LogP contribution in [0.15, 0.2) is 18.2 Å². The highest BCUT2D eigenvalue weighted by atomic mass is 35.5. The molecule has 21 heavy (non-hydrogen) atoms. The van der Waals surface area contributed by atoms with Gasteiger partial charge in [0.2, 0.25) is 0 Å². The third kappa shape index (κ3) is 4.11. The zero-order valence-corrected chi connectivity index (χ0v) is 13.0. The molecule has 114 valence electrons. The monoisotopic (exact) mass is 308 g/mol. The minimum absolute atomic E-state index is 0.00745. The lowest BCUT2D eigenvalue weighted by atomic mass is 10.2. The van der Waals surface area contributed by atoms with Crippen molar-refractivity contribution >= 4 is 17.5 Å². The molecule has 5 heteroatoms. The second-order valence-electron chi connectivity index (χ2n) is 5.94. The molecule has 1 amide bonds. The molecule has 2 saturated carbocycles. The summed E-state index contributed by atoms with van der Waals surface area (Å²) in [5.74, 6) is 0.581. The van der Waals surface area contributed by atoms with Crippen LogP contribution in [0.5, 0.6) is 5.75 Å². The summed E-state index contributed by atoms with van der Waals surface area (Å²) >= 11 is 6.22. The van der Waals surface area contributed by atoms with Crippen LogP contribution in [0.2, 0.25) is 5.02 Å². The lowest BCUT2D eigenvalue weighted by molar-refractivity contribution is -0.132. The summed E-state index contributed by atoms with van der Waals surface area (Å²) in [7, 11) is 1.83. The molecule has 0 heterocycles. The van der Waals surface area contributed by atoms with Crippen LogP contribution in [-0.2, 0) is 11.3 Å². The molecule has 0 bridgehead atoms. The van der Waals surface area contributed by atoms with Crippen LogP contribution in [0.25, 0.3) is 0 Å². The minimum Gasteiger partial charge on any atom is -0.482 e. The molecule has 0 saturated heterocycles. The van der Waals surface area contributed by atoms with E-state index in [1.54, 1.807) is 4.90 Å². The minimum atomic E-state index is 0.00745. The van der Waals surface area contributed by atoms with Crippen molar-refractivity contribution in [3.63, 3.8) is 0 Å². The van der Waals surface area contributed by atoms with Crippen molar-refractivity contribution in [2.45, 2.75) is 44.3 Å². The van der Waals surface area contributed by atoms with Crippen molar-refractivity contribution in [3.8, 4) is 5.75 Å². The highest BCUT2D eigenvalue weighted by molar-refractivity contribution is 6.32. The van der Waals surface area contributed by atoms with E-state index >= 15 is 0 Å². The number of likely N-dealkylation sites (N-methyl/N-ethyl adjacent to an activating group) is 1. The highest BCUT2D eigenvalue weighted by Gasteiger charge is 2.29. The molecule has 0 aromatic heterocycles. The third-order valence-electron chi connectivity index (χ3n) is 4.01. The molecule has 0 atom stereocenters. The number of nitrogens with zero attached hydrogens (tertiary/aromatic N) is 1. The van der Waals surface area contributed by atoms with Gasteiger partial charge in [-0.3, -0.25) is 4.79 Å². The highest BCUT2D eigenvalue weighted by Crippen LogP contribution is 2.28. The zero-order chi connectivity index (χ0) is 14.8. The molecule has 2 fully saturated rings. The van der Waals surface area contributed by atoms with E-state index in [4.69, 9.17) is 16.3 Å². The van der Waals surface area contributed by atoms with Crippen LogP contribution in [0.1, 0.15) is 31.2 Å². The normalized spacial score (nSPS) is 17.6. The van der Waals surface area contributed by atoms with Gasteiger partial charge in [-0.15, -0.1) is 0 Å². The summed E-state index contributed by atoms with van der Waals surface area (Å²) in [6.07, 6.45) is 4.74. The van der Waals surface area contributed by atoms with Crippen LogP contribution >= 0.6 is 11.6 Å². The van der Waals surface area contributed by atoms with Gasteiger partial charge in [0.25, 0.3) is 5.91 Å². The summed E-state index contributed by atoms with van der Waals surface area (Å²) in [6.45, 7) is 0.875. The summed E-state index contributed by atoms with van der Waals surface area (Å²) in [5, 5.41) is 4.01. The van der Waals surface area contributed by atoms with E-state index in [0.29, 0.717) is 22.9 Å². The van der Waals surface area contributed by atoms with Gasteiger partial charge in [-0.1, -0.05) is 17.7 Å². The summed E-state index contributed by atoms with van der Waals surface area (Å²) in [5.41, 5.74) is 1.14. The Morgan fingerprint density at radius 3 is 2.76 bits per heavy atom. The van der Waals surface area contributed by atoms with Gasteiger partial charge in [-0.25, -0.2) is 0 Å². The molecule has 4 nitrogen and oxygen atoms in total. The number of carbonyl (C=O) groups excluding carboxylic acids is 1. The van der Waals surface area contributed by atoms with Crippen molar-refractivity contribution < 1.29 is 9.53 Å². The van der Waals surface area contributed by atoms with Gasteiger partial charge in [0.05, 0.1) is 5.02 Å². The molecular formula is C16H21ClN2O2. The van der Waals surface area contributed by atoms with Gasteiger partial charge >= 0.3 is 0 Å². The second-order valence-corrected chi connectivity index (χ2v) is 6.35. The number of hydrogen-bond donors (Lipinski definition) is 1. The van der Waals surface area contributed by atoms with Crippen molar-refractivity contribution in [3.05, 3.63) is 28.8 Å². The maximum atomic E-state index is 11.9. The second kappa shape index (κ2) is 6.24. The van der Waals surface area contributed by atoms with E-state index in [1.807, 2.05) is 25.2 Å². The number of rotatable bonds is 7. The Balaban J connectivity index is 1.51. The Kier molecular flexibility index (Phi) is 4.36. The molecule has 2 aliphatic rings. The predicted octanol–water partition coefficient (Wildman–Crippen LogP) is 2.59. The van der Waals surface area contributed by atoms with E-state index in [9.17, 15) is 4.79 Å².